The number of nitrogens with zero attached hydrogens (tertiary/aromatic N) is 5. The second kappa shape index (κ2) is 10.4. The molecule has 3 rings (SSSR count). The molecule has 0 atom stereocenters. The first-order valence-corrected chi connectivity index (χ1v) is 10.3. The zero-order valence-corrected chi connectivity index (χ0v) is 18.0. The van der Waals surface area contributed by atoms with Crippen molar-refractivity contribution < 1.29 is 4.74 Å². The quantitative estimate of drug-likeness (QED) is 0.540. The molecule has 1 saturated heterocycles. The highest BCUT2D eigenvalue weighted by Gasteiger charge is 2.11. The lowest BCUT2D eigenvalue weighted by molar-refractivity contribution is 0.0389. The van der Waals surface area contributed by atoms with E-state index < -0.39 is 0 Å². The summed E-state index contributed by atoms with van der Waals surface area (Å²) in [6.07, 6.45) is 0. The summed E-state index contributed by atoms with van der Waals surface area (Å²) in [5, 5.41) is 15.2. The van der Waals surface area contributed by atoms with E-state index in [-0.39, 0.29) is 0 Å². The van der Waals surface area contributed by atoms with Gasteiger partial charge in [0.25, 0.3) is 0 Å². The summed E-state index contributed by atoms with van der Waals surface area (Å²) in [4.78, 5) is 7.22. The van der Waals surface area contributed by atoms with Crippen molar-refractivity contribution in [2.75, 3.05) is 39.4 Å². The summed E-state index contributed by atoms with van der Waals surface area (Å²) in [6, 6.07) is 6.50. The number of ether oxygens (including phenoxy) is 1. The monoisotopic (exact) mass is 399 g/mol. The first kappa shape index (κ1) is 21.3. The number of rotatable bonds is 7. The lowest BCUT2D eigenvalue weighted by atomic mass is 10.1. The number of benzene rings is 1. The maximum atomic E-state index is 5.42. The highest BCUT2D eigenvalue weighted by atomic mass is 16.5. The maximum Gasteiger partial charge on any atom is 0.192 e. The van der Waals surface area contributed by atoms with Gasteiger partial charge in [0.15, 0.2) is 11.8 Å². The van der Waals surface area contributed by atoms with Crippen LogP contribution in [0.3, 0.4) is 0 Å². The van der Waals surface area contributed by atoms with Crippen LogP contribution in [0.1, 0.15) is 28.3 Å². The summed E-state index contributed by atoms with van der Waals surface area (Å²) >= 11 is 0. The SMILES string of the molecule is Cc1ccc(CN=C(NCCN2CCOCC2)NCc2nnc(C)n2C)c(C)c1. The molecule has 1 aromatic carbocycles. The van der Waals surface area contributed by atoms with Gasteiger partial charge in [-0.2, -0.15) is 0 Å². The zero-order valence-electron chi connectivity index (χ0n) is 18.0. The minimum atomic E-state index is 0.577. The fourth-order valence-electron chi connectivity index (χ4n) is 3.29. The third kappa shape index (κ3) is 6.27. The Balaban J connectivity index is 1.61. The van der Waals surface area contributed by atoms with E-state index in [9.17, 15) is 0 Å². The number of nitrogens with one attached hydrogen (secondary N) is 2. The molecule has 0 radical (unpaired) electrons. The predicted octanol–water partition coefficient (Wildman–Crippen LogP) is 1.31. The largest absolute Gasteiger partial charge is 0.379 e. The van der Waals surface area contributed by atoms with Gasteiger partial charge < -0.3 is 19.9 Å². The Morgan fingerprint density at radius 2 is 1.93 bits per heavy atom. The van der Waals surface area contributed by atoms with Crippen molar-refractivity contribution in [2.24, 2.45) is 12.0 Å². The Kier molecular flexibility index (Phi) is 7.60. The second-order valence-electron chi connectivity index (χ2n) is 7.55. The predicted molar refractivity (Wildman–Crippen MR) is 115 cm³/mol. The van der Waals surface area contributed by atoms with Gasteiger partial charge >= 0.3 is 0 Å². The van der Waals surface area contributed by atoms with Gasteiger partial charge in [0.05, 0.1) is 26.3 Å². The molecular weight excluding hydrogens is 366 g/mol. The van der Waals surface area contributed by atoms with Crippen molar-refractivity contribution in [1.82, 2.24) is 30.3 Å². The average molecular weight is 400 g/mol. The molecule has 8 nitrogen and oxygen atoms in total. The molecule has 1 aliphatic heterocycles. The normalized spacial score (nSPS) is 15.5. The molecule has 0 spiro atoms. The molecule has 8 heteroatoms. The summed E-state index contributed by atoms with van der Waals surface area (Å²) in [7, 11) is 1.98. The zero-order chi connectivity index (χ0) is 20.6. The van der Waals surface area contributed by atoms with E-state index >= 15 is 0 Å². The smallest absolute Gasteiger partial charge is 0.192 e. The Morgan fingerprint density at radius 3 is 2.62 bits per heavy atom. The van der Waals surface area contributed by atoms with Crippen LogP contribution in [0.5, 0.6) is 0 Å². The van der Waals surface area contributed by atoms with Crippen molar-refractivity contribution in [3.05, 3.63) is 46.5 Å². The van der Waals surface area contributed by atoms with Crippen LogP contribution in [0.25, 0.3) is 0 Å². The van der Waals surface area contributed by atoms with Gasteiger partial charge in [0.1, 0.15) is 5.82 Å². The fourth-order valence-corrected chi connectivity index (χ4v) is 3.29. The van der Waals surface area contributed by atoms with Crippen LogP contribution >= 0.6 is 0 Å². The van der Waals surface area contributed by atoms with E-state index in [0.717, 1.165) is 57.0 Å². The van der Waals surface area contributed by atoms with E-state index in [1.165, 1.54) is 16.7 Å². The number of aryl methyl sites for hydroxylation is 3. The molecule has 1 aromatic heterocycles. The standard InChI is InChI=1S/C21H33N7O/c1-16-5-6-19(17(2)13-16)14-23-21(22-7-8-28-9-11-29-12-10-28)24-15-20-26-25-18(3)27(20)4/h5-6,13H,7-12,14-15H2,1-4H3,(H2,22,23,24). The number of hydrogen-bond donors (Lipinski definition) is 2. The summed E-state index contributed by atoms with van der Waals surface area (Å²) in [5.41, 5.74) is 3.78. The van der Waals surface area contributed by atoms with Crippen LogP contribution in [-0.2, 0) is 24.9 Å². The van der Waals surface area contributed by atoms with Crippen LogP contribution in [0.15, 0.2) is 23.2 Å². The Labute approximate surface area is 173 Å². The maximum absolute atomic E-state index is 5.42. The lowest BCUT2D eigenvalue weighted by Crippen LogP contribution is -2.44. The van der Waals surface area contributed by atoms with Gasteiger partial charge in [-0.15, -0.1) is 10.2 Å². The molecular formula is C21H33N7O. The Hall–Kier alpha value is -2.45. The van der Waals surface area contributed by atoms with Crippen molar-refractivity contribution >= 4 is 5.96 Å². The summed E-state index contributed by atoms with van der Waals surface area (Å²) in [5.74, 6) is 2.58. The van der Waals surface area contributed by atoms with Crippen molar-refractivity contribution in [1.29, 1.82) is 0 Å². The topological polar surface area (TPSA) is 79.6 Å². The molecule has 0 saturated carbocycles. The van der Waals surface area contributed by atoms with Gasteiger partial charge in [-0.1, -0.05) is 23.8 Å². The number of aliphatic imine (C=N–C) groups is 1. The minimum Gasteiger partial charge on any atom is -0.379 e. The van der Waals surface area contributed by atoms with Gasteiger partial charge in [-0.3, -0.25) is 4.90 Å². The number of hydrogen-bond acceptors (Lipinski definition) is 5. The number of morpholine rings is 1. The van der Waals surface area contributed by atoms with Crippen molar-refractivity contribution in [3.8, 4) is 0 Å². The number of aromatic nitrogens is 3. The molecule has 0 unspecified atom stereocenters. The lowest BCUT2D eigenvalue weighted by Gasteiger charge is -2.26. The van der Waals surface area contributed by atoms with Crippen LogP contribution in [0, 0.1) is 20.8 Å². The van der Waals surface area contributed by atoms with E-state index in [1.54, 1.807) is 0 Å². The van der Waals surface area contributed by atoms with Gasteiger partial charge in [-0.25, -0.2) is 4.99 Å². The first-order valence-electron chi connectivity index (χ1n) is 10.3. The molecule has 2 heterocycles. The van der Waals surface area contributed by atoms with E-state index in [1.807, 2.05) is 18.5 Å². The first-order chi connectivity index (χ1) is 14.0. The summed E-state index contributed by atoms with van der Waals surface area (Å²) in [6.45, 7) is 12.8. The molecule has 29 heavy (non-hydrogen) atoms. The highest BCUT2D eigenvalue weighted by Crippen LogP contribution is 2.11. The van der Waals surface area contributed by atoms with E-state index in [2.05, 4.69) is 57.8 Å². The van der Waals surface area contributed by atoms with Gasteiger partial charge in [-0.05, 0) is 31.9 Å². The molecule has 0 aliphatic carbocycles. The number of guanidine groups is 1. The molecule has 2 N–H and O–H groups in total. The van der Waals surface area contributed by atoms with Crippen molar-refractivity contribution in [3.63, 3.8) is 0 Å². The molecule has 1 aliphatic rings. The average Bonchev–Trinajstić information content (AvgIpc) is 3.03. The highest BCUT2D eigenvalue weighted by molar-refractivity contribution is 5.79. The third-order valence-electron chi connectivity index (χ3n) is 5.33. The summed E-state index contributed by atoms with van der Waals surface area (Å²) < 4.78 is 7.41. The molecule has 0 bridgehead atoms. The molecule has 1 fully saturated rings. The molecule has 158 valence electrons. The van der Waals surface area contributed by atoms with Crippen molar-refractivity contribution in [2.45, 2.75) is 33.9 Å². The second-order valence-corrected chi connectivity index (χ2v) is 7.55. The van der Waals surface area contributed by atoms with Crippen LogP contribution in [-0.4, -0.2) is 65.0 Å². The van der Waals surface area contributed by atoms with Gasteiger partial charge in [0, 0.05) is 33.2 Å². The van der Waals surface area contributed by atoms with Crippen LogP contribution in [0.2, 0.25) is 0 Å². The third-order valence-corrected chi connectivity index (χ3v) is 5.33. The minimum absolute atomic E-state index is 0.577. The van der Waals surface area contributed by atoms with E-state index in [0.29, 0.717) is 13.1 Å². The van der Waals surface area contributed by atoms with Crippen LogP contribution < -0.4 is 10.6 Å². The fraction of sp³-hybridized carbons (Fsp3) is 0.571. The van der Waals surface area contributed by atoms with E-state index in [4.69, 9.17) is 9.73 Å². The Bertz CT molecular complexity index is 824. The molecule has 2 aromatic rings. The van der Waals surface area contributed by atoms with Gasteiger partial charge in [0.2, 0.25) is 0 Å². The van der Waals surface area contributed by atoms with Crippen LogP contribution in [0.4, 0.5) is 0 Å². The molecule has 0 amide bonds. The Morgan fingerprint density at radius 1 is 1.14 bits per heavy atom.